The van der Waals surface area contributed by atoms with Crippen LogP contribution < -0.4 is 10.6 Å². The molecule has 0 aliphatic carbocycles. The maximum Gasteiger partial charge on any atom is 0.407 e. The normalized spacial score (nSPS) is 16.5. The van der Waals surface area contributed by atoms with E-state index in [9.17, 15) is 38.4 Å². The third kappa shape index (κ3) is 65.7. The first-order valence-electron chi connectivity index (χ1n) is 45.1. The number of thioether (sulfide) groups is 2. The van der Waals surface area contributed by atoms with Crippen LogP contribution in [0.2, 0.25) is 0 Å². The average molecular weight is 1930 g/mol. The lowest BCUT2D eigenvalue weighted by atomic mass is 9.68. The molecule has 8 atom stereocenters. The van der Waals surface area contributed by atoms with Gasteiger partial charge < -0.3 is 120 Å². The van der Waals surface area contributed by atoms with Crippen LogP contribution >= 0.6 is 57.3 Å². The van der Waals surface area contributed by atoms with Gasteiger partial charge in [0.2, 0.25) is 11.4 Å². The molecule has 1 aromatic heterocycles. The van der Waals surface area contributed by atoms with Crippen LogP contribution in [0.25, 0.3) is 4.85 Å². The predicted octanol–water partition coefficient (Wildman–Crippen LogP) is 12.5. The Morgan fingerprint density at radius 3 is 1.47 bits per heavy atom. The van der Waals surface area contributed by atoms with Crippen LogP contribution in [0.15, 0.2) is 29.4 Å². The van der Waals surface area contributed by atoms with E-state index in [1.165, 1.54) is 54.3 Å². The van der Waals surface area contributed by atoms with E-state index in [1.54, 1.807) is 47.7 Å². The van der Waals surface area contributed by atoms with Gasteiger partial charge in [0.25, 0.3) is 0 Å². The number of carbonyl (C=O) groups excluding carboxylic acids is 8. The van der Waals surface area contributed by atoms with Crippen LogP contribution in [0.3, 0.4) is 0 Å². The van der Waals surface area contributed by atoms with Gasteiger partial charge >= 0.3 is 30.0 Å². The van der Waals surface area contributed by atoms with E-state index in [0.29, 0.717) is 238 Å². The first-order chi connectivity index (χ1) is 61.8. The Morgan fingerprint density at radius 1 is 0.527 bits per heavy atom. The van der Waals surface area contributed by atoms with Crippen LogP contribution in [0.5, 0.6) is 0 Å². The number of thiocarbonyl (C=S) groups is 1. The summed E-state index contributed by atoms with van der Waals surface area (Å²) < 4.78 is 122. The fourth-order valence-electron chi connectivity index (χ4n) is 12.3. The molecule has 2 heterocycles. The molecule has 1 aliphatic heterocycles. The zero-order valence-corrected chi connectivity index (χ0v) is 83.8. The molecule has 1 aromatic rings. The molecule has 34 nitrogen and oxygen atoms in total. The van der Waals surface area contributed by atoms with Crippen LogP contribution in [-0.4, -0.2) is 340 Å². The van der Waals surface area contributed by atoms with Crippen molar-refractivity contribution < 1.29 is 143 Å². The first-order valence-corrected chi connectivity index (χ1v) is 49.6. The van der Waals surface area contributed by atoms with E-state index < -0.39 is 75.1 Å². The molecule has 0 saturated carbocycles. The zero-order valence-electron chi connectivity index (χ0n) is 79.7. The number of nitrogens with zero attached hydrogens (tertiary/aromatic N) is 2. The number of hydrogen-bond acceptors (Lipinski definition) is 36. The molecule has 129 heavy (non-hydrogen) atoms. The molecule has 0 spiro atoms. The lowest BCUT2D eigenvalue weighted by Gasteiger charge is -2.44. The Bertz CT molecular complexity index is 3160. The maximum atomic E-state index is 14.1. The van der Waals surface area contributed by atoms with Gasteiger partial charge in [0.15, 0.2) is 6.29 Å². The molecule has 1 fully saturated rings. The second kappa shape index (κ2) is 77.6. The minimum Gasteiger partial charge on any atom is -0.464 e. The number of aromatic nitrogens is 1. The minimum absolute atomic E-state index is 0.0239. The van der Waals surface area contributed by atoms with E-state index in [4.69, 9.17) is 123 Å². The summed E-state index contributed by atoms with van der Waals surface area (Å²) in [6, 6.07) is 5.06. The lowest BCUT2D eigenvalue weighted by molar-refractivity contribution is -0.253. The van der Waals surface area contributed by atoms with E-state index in [2.05, 4.69) is 20.5 Å². The van der Waals surface area contributed by atoms with Gasteiger partial charge in [-0.2, -0.15) is 0 Å². The third-order valence-electron chi connectivity index (χ3n) is 19.2. The second-order valence-corrected chi connectivity index (χ2v) is 38.7. The second-order valence-electron chi connectivity index (χ2n) is 32.3. The van der Waals surface area contributed by atoms with Crippen molar-refractivity contribution in [1.82, 2.24) is 15.6 Å². The number of rotatable bonds is 81. The largest absolute Gasteiger partial charge is 0.464 e. The van der Waals surface area contributed by atoms with Gasteiger partial charge in [0, 0.05) is 105 Å². The molecule has 0 bridgehead atoms. The number of nitrogens with one attached hydrogen (secondary N) is 2. The number of unbranched alkanes of at least 4 members (excludes halogenated alkanes) is 3. The number of alkyl carbamates (subject to hydrolysis) is 1. The van der Waals surface area contributed by atoms with Crippen molar-refractivity contribution in [3.05, 3.63) is 35.8 Å². The number of amides is 2. The van der Waals surface area contributed by atoms with E-state index in [0.717, 1.165) is 48.9 Å². The van der Waals surface area contributed by atoms with Crippen LogP contribution in [0.4, 0.5) is 4.79 Å². The Labute approximate surface area is 789 Å². The number of ketones is 2. The molecule has 0 radical (unpaired) electrons. The number of ether oxygens (including phenoxy) is 22. The number of Topliss-reactive ketones (excluding diaryl/α,β-unsaturated/α-hetero) is 2. The topological polar surface area (TPSA) is 381 Å². The smallest absolute Gasteiger partial charge is 0.407 e. The quantitative estimate of drug-likeness (QED) is 0.0153. The summed E-state index contributed by atoms with van der Waals surface area (Å²) in [6.45, 7) is 45.0. The van der Waals surface area contributed by atoms with E-state index in [-0.39, 0.29) is 88.5 Å². The third-order valence-corrected chi connectivity index (χ3v) is 24.1. The van der Waals surface area contributed by atoms with Gasteiger partial charge in [0.1, 0.15) is 62.4 Å². The highest BCUT2D eigenvalue weighted by Gasteiger charge is 2.53. The molecule has 2 amide bonds. The van der Waals surface area contributed by atoms with Crippen molar-refractivity contribution in [2.45, 2.75) is 232 Å². The summed E-state index contributed by atoms with van der Waals surface area (Å²) in [5, 5.41) is 6.32. The Kier molecular flexibility index (Phi) is 73.6. The summed E-state index contributed by atoms with van der Waals surface area (Å²) in [7, 11) is 4.52. The van der Waals surface area contributed by atoms with E-state index in [1.807, 2.05) is 59.7 Å². The average Bonchev–Trinajstić information content (AvgIpc) is 0.771. The summed E-state index contributed by atoms with van der Waals surface area (Å²) in [5.74, 6) is -0.791. The highest BCUT2D eigenvalue weighted by molar-refractivity contribution is 8.76. The monoisotopic (exact) mass is 1930 g/mol. The fraction of sp³-hybridized carbons (Fsp3) is 0.833. The van der Waals surface area contributed by atoms with Crippen molar-refractivity contribution in [2.24, 2.45) is 16.7 Å². The molecular formula is C90H156N4O30S5. The van der Waals surface area contributed by atoms with Gasteiger partial charge in [-0.3, -0.25) is 33.6 Å². The van der Waals surface area contributed by atoms with Crippen LogP contribution in [0.1, 0.15) is 187 Å². The van der Waals surface area contributed by atoms with Gasteiger partial charge in [-0.1, -0.05) is 81.4 Å². The summed E-state index contributed by atoms with van der Waals surface area (Å²) in [5.41, 5.74) is -3.55. The molecule has 746 valence electrons. The van der Waals surface area contributed by atoms with Crippen molar-refractivity contribution in [3.63, 3.8) is 0 Å². The molecule has 39 heteroatoms. The molecule has 1 aliphatic rings. The molecule has 2 rings (SSSR count). The number of carbonyl (C=O) groups is 8. The van der Waals surface area contributed by atoms with Crippen molar-refractivity contribution in [3.8, 4) is 0 Å². The van der Waals surface area contributed by atoms with Gasteiger partial charge in [0.05, 0.1) is 202 Å². The fourth-order valence-corrected chi connectivity index (χ4v) is 17.2. The molecule has 0 aromatic carbocycles. The molecule has 1 saturated heterocycles. The lowest BCUT2D eigenvalue weighted by Crippen LogP contribution is -2.62. The van der Waals surface area contributed by atoms with Gasteiger partial charge in [-0.05, 0) is 115 Å². The van der Waals surface area contributed by atoms with Crippen LogP contribution in [0, 0.1) is 23.3 Å². The summed E-state index contributed by atoms with van der Waals surface area (Å²) in [6.07, 6.45) is 7.23. The highest BCUT2D eigenvalue weighted by Crippen LogP contribution is 2.48. The van der Waals surface area contributed by atoms with Crippen LogP contribution in [-0.2, 0) is 138 Å². The summed E-state index contributed by atoms with van der Waals surface area (Å²) in [4.78, 5) is 109. The van der Waals surface area contributed by atoms with Crippen molar-refractivity contribution >= 4 is 108 Å². The molecule has 2 N–H and O–H groups in total. The molecular weight excluding hydrogens is 1780 g/mol. The molecule has 3 unspecified atom stereocenters. The Balaban J connectivity index is 0.00000139. The number of esters is 4. The van der Waals surface area contributed by atoms with Gasteiger partial charge in [-0.15, -0.1) is 11.8 Å². The number of hydrogen-bond donors (Lipinski definition) is 2. The minimum atomic E-state index is -1.36. The van der Waals surface area contributed by atoms with Gasteiger partial charge in [-0.25, -0.2) is 16.4 Å². The van der Waals surface area contributed by atoms with Crippen molar-refractivity contribution in [1.29, 1.82) is 0 Å². The Morgan fingerprint density at radius 2 is 0.992 bits per heavy atom. The predicted molar refractivity (Wildman–Crippen MR) is 500 cm³/mol. The zero-order chi connectivity index (χ0) is 95.6. The maximum absolute atomic E-state index is 14.1. The highest BCUT2D eigenvalue weighted by atomic mass is 33.1. The first kappa shape index (κ1) is 122. The standard InChI is InChI=1S/C55H100N2O20.C35H56N2O10S5/c1-8-51-46(2)53(76-48(4)59)52(57-47(3)58)54(77-51)75-20-12-10-9-11-14-50(61)17-21-63-23-25-65-27-29-67-31-33-69-35-37-71-39-41-73-43-45-74-44-42-72-40-38-70-36-34-68-32-30-66-28-26-64-24-22-62-19-13-15-49(60)16-18-55(5,6)56-7;1-10-33(6,27(38)46-22-23-50-52-26-14-12-13-15-36-26)24-34(7,25-35(8,51-31(48)49-11-2)29(40)45-20-18-42-9)28(39)44-21-19-43-17-16-37-30(41)47-32(3,4)5/h46,51-54H,8-45H2,1-6H3,(H,57,58);12-15H,10-11,16-25H2,1-9H3,(H,37,41)/t46-,51+,52+,53-,54+;/m0./s1. The van der Waals surface area contributed by atoms with Crippen molar-refractivity contribution in [2.75, 3.05) is 243 Å². The number of pyridine rings is 1. The van der Waals surface area contributed by atoms with E-state index >= 15 is 0 Å². The summed E-state index contributed by atoms with van der Waals surface area (Å²) >= 11 is 8.17. The SMILES string of the molecule is CCSC(=S)SC(C)(CC(C)(CC(C)(CC)C(=O)OCCSSc1ccccn1)C(=O)OCCOCCNC(=O)OC(C)(C)C)C(=O)OCCOC.[C-]#[N+]C(C)(C)CCC(=O)CCCOCCOCCOCCOCCOCCOCCOCCOCCOCCOCCOCCOCCOCCC(=O)CCCCCCO[C@@H]1O[C@H](CC)[C@H](C)[C@H](OC(C)=O)[C@H]1NC(C)=O. The number of methoxy groups -OCH3 is 1. The Hall–Kier alpha value is -4.59.